The van der Waals surface area contributed by atoms with Gasteiger partial charge in [0.05, 0.1) is 11.4 Å². The monoisotopic (exact) mass is 486 g/mol. The molecule has 0 atom stereocenters. The lowest BCUT2D eigenvalue weighted by molar-refractivity contribution is 0.0497. The molecule has 1 amide bonds. The largest absolute Gasteiger partial charge is 0.444 e. The lowest BCUT2D eigenvalue weighted by Crippen LogP contribution is -2.46. The van der Waals surface area contributed by atoms with Gasteiger partial charge >= 0.3 is 6.09 Å². The van der Waals surface area contributed by atoms with Crippen LogP contribution >= 0.6 is 15.9 Å². The Bertz CT molecular complexity index is 1070. The van der Waals surface area contributed by atoms with Crippen LogP contribution in [-0.2, 0) is 4.74 Å². The number of anilines is 3. The van der Waals surface area contributed by atoms with Crippen molar-refractivity contribution in [2.24, 2.45) is 0 Å². The number of benzene rings is 1. The van der Waals surface area contributed by atoms with Crippen molar-refractivity contribution >= 4 is 44.9 Å². The predicted octanol–water partition coefficient (Wildman–Crippen LogP) is 4.73. The van der Waals surface area contributed by atoms with Crippen molar-refractivity contribution in [1.82, 2.24) is 19.7 Å². The van der Waals surface area contributed by atoms with Crippen molar-refractivity contribution in [1.29, 1.82) is 0 Å². The SMILES string of the molecule is CC(C)(C)OC(=O)NC1CCN(c2ccccc2Nc2nc(Br)cn3ccnc23)CC1. The van der Waals surface area contributed by atoms with E-state index in [0.29, 0.717) is 5.82 Å². The van der Waals surface area contributed by atoms with Gasteiger partial charge in [-0.05, 0) is 61.7 Å². The Morgan fingerprint density at radius 1 is 1.23 bits per heavy atom. The number of halogens is 1. The summed E-state index contributed by atoms with van der Waals surface area (Å²) in [7, 11) is 0. The van der Waals surface area contributed by atoms with Crippen molar-refractivity contribution in [2.45, 2.75) is 45.3 Å². The molecule has 1 saturated heterocycles. The molecule has 8 nitrogen and oxygen atoms in total. The second kappa shape index (κ2) is 8.74. The van der Waals surface area contributed by atoms with Crippen LogP contribution in [0.3, 0.4) is 0 Å². The summed E-state index contributed by atoms with van der Waals surface area (Å²) < 4.78 is 8.04. The van der Waals surface area contributed by atoms with Crippen LogP contribution in [-0.4, -0.2) is 45.2 Å². The molecule has 0 bridgehead atoms. The van der Waals surface area contributed by atoms with E-state index in [1.54, 1.807) is 6.20 Å². The van der Waals surface area contributed by atoms with Crippen LogP contribution in [0.4, 0.5) is 22.0 Å². The van der Waals surface area contributed by atoms with Gasteiger partial charge in [0.15, 0.2) is 11.5 Å². The van der Waals surface area contributed by atoms with Gasteiger partial charge in [-0.1, -0.05) is 12.1 Å². The number of imidazole rings is 1. The molecule has 3 aromatic rings. The summed E-state index contributed by atoms with van der Waals surface area (Å²) in [5, 5.41) is 6.45. The van der Waals surface area contributed by atoms with Gasteiger partial charge in [-0.25, -0.2) is 14.8 Å². The summed E-state index contributed by atoms with van der Waals surface area (Å²) in [4.78, 5) is 23.4. The molecule has 0 unspecified atom stereocenters. The van der Waals surface area contributed by atoms with E-state index >= 15 is 0 Å². The van der Waals surface area contributed by atoms with Gasteiger partial charge in [0, 0.05) is 37.7 Å². The zero-order valence-corrected chi connectivity index (χ0v) is 19.5. The van der Waals surface area contributed by atoms with Crippen LogP contribution < -0.4 is 15.5 Å². The van der Waals surface area contributed by atoms with Crippen molar-refractivity contribution in [3.05, 3.63) is 47.5 Å². The summed E-state index contributed by atoms with van der Waals surface area (Å²) in [6, 6.07) is 8.30. The molecule has 2 aromatic heterocycles. The van der Waals surface area contributed by atoms with Gasteiger partial charge in [0.2, 0.25) is 0 Å². The van der Waals surface area contributed by atoms with Crippen LogP contribution in [0.2, 0.25) is 0 Å². The fourth-order valence-corrected chi connectivity index (χ4v) is 4.10. The minimum absolute atomic E-state index is 0.113. The van der Waals surface area contributed by atoms with Gasteiger partial charge in [0.25, 0.3) is 0 Å². The van der Waals surface area contributed by atoms with E-state index in [1.807, 2.05) is 55.8 Å². The standard InChI is InChI=1S/C22H27BrN6O2/c1-22(2,3)31-21(30)25-15-8-11-28(12-9-15)17-7-5-4-6-16(17)26-19-20-24-10-13-29(20)14-18(23)27-19/h4-7,10,13-15H,8-9,11-12H2,1-3H3,(H,25,30)(H,26,27). The molecule has 0 aliphatic carbocycles. The van der Waals surface area contributed by atoms with E-state index in [2.05, 4.69) is 47.5 Å². The number of hydrogen-bond donors (Lipinski definition) is 2. The summed E-state index contributed by atoms with van der Waals surface area (Å²) in [6.45, 7) is 7.29. The van der Waals surface area contributed by atoms with Crippen LogP contribution in [0.25, 0.3) is 5.65 Å². The number of carbonyl (C=O) groups excluding carboxylic acids is 1. The molecule has 9 heteroatoms. The fourth-order valence-electron chi connectivity index (χ4n) is 3.71. The Morgan fingerprint density at radius 2 is 1.97 bits per heavy atom. The van der Waals surface area contributed by atoms with Crippen molar-refractivity contribution in [3.63, 3.8) is 0 Å². The lowest BCUT2D eigenvalue weighted by Gasteiger charge is -2.35. The molecule has 1 aliphatic heterocycles. The first-order valence-electron chi connectivity index (χ1n) is 10.4. The van der Waals surface area contributed by atoms with Gasteiger partial charge in [-0.3, -0.25) is 0 Å². The van der Waals surface area contributed by atoms with Crippen LogP contribution in [0.1, 0.15) is 33.6 Å². The Labute approximate surface area is 190 Å². The van der Waals surface area contributed by atoms with Crippen LogP contribution in [0.15, 0.2) is 47.5 Å². The number of alkyl carbamates (subject to hydrolysis) is 1. The third kappa shape index (κ3) is 5.28. The number of ether oxygens (including phenoxy) is 1. The maximum absolute atomic E-state index is 12.1. The highest BCUT2D eigenvalue weighted by Crippen LogP contribution is 2.31. The highest BCUT2D eigenvalue weighted by atomic mass is 79.9. The topological polar surface area (TPSA) is 83.8 Å². The number of aromatic nitrogens is 3. The molecule has 164 valence electrons. The molecule has 0 radical (unpaired) electrons. The third-order valence-electron chi connectivity index (χ3n) is 5.06. The second-order valence-corrected chi connectivity index (χ2v) is 9.43. The first kappa shape index (κ1) is 21.4. The predicted molar refractivity (Wildman–Crippen MR) is 125 cm³/mol. The number of rotatable bonds is 4. The quantitative estimate of drug-likeness (QED) is 0.554. The molecule has 1 aliphatic rings. The first-order valence-corrected chi connectivity index (χ1v) is 11.2. The second-order valence-electron chi connectivity index (χ2n) is 8.62. The maximum atomic E-state index is 12.1. The number of hydrogen-bond acceptors (Lipinski definition) is 6. The van der Waals surface area contributed by atoms with Gasteiger partial charge in [0.1, 0.15) is 10.2 Å². The number of para-hydroxylation sites is 2. The minimum atomic E-state index is -0.490. The lowest BCUT2D eigenvalue weighted by atomic mass is 10.0. The highest BCUT2D eigenvalue weighted by Gasteiger charge is 2.25. The van der Waals surface area contributed by atoms with Crippen molar-refractivity contribution in [3.8, 4) is 0 Å². The van der Waals surface area contributed by atoms with Crippen molar-refractivity contribution in [2.75, 3.05) is 23.3 Å². The fraction of sp³-hybridized carbons (Fsp3) is 0.409. The van der Waals surface area contributed by atoms with E-state index in [0.717, 1.165) is 47.6 Å². The van der Waals surface area contributed by atoms with Crippen LogP contribution in [0, 0.1) is 0 Å². The first-order chi connectivity index (χ1) is 14.8. The van der Waals surface area contributed by atoms with Gasteiger partial charge in [-0.2, -0.15) is 0 Å². The molecule has 31 heavy (non-hydrogen) atoms. The summed E-state index contributed by atoms with van der Waals surface area (Å²) in [6.07, 6.45) is 6.88. The third-order valence-corrected chi connectivity index (χ3v) is 5.44. The number of nitrogens with one attached hydrogen (secondary N) is 2. The molecule has 1 fully saturated rings. The van der Waals surface area contributed by atoms with E-state index in [9.17, 15) is 4.79 Å². The summed E-state index contributed by atoms with van der Waals surface area (Å²) in [5.74, 6) is 0.688. The Morgan fingerprint density at radius 3 is 2.71 bits per heavy atom. The molecule has 4 rings (SSSR count). The number of amides is 1. The molecule has 1 aromatic carbocycles. The highest BCUT2D eigenvalue weighted by molar-refractivity contribution is 9.10. The number of fused-ring (bicyclic) bond motifs is 1. The summed E-state index contributed by atoms with van der Waals surface area (Å²) >= 11 is 3.47. The Balaban J connectivity index is 1.45. The smallest absolute Gasteiger partial charge is 0.407 e. The maximum Gasteiger partial charge on any atom is 0.407 e. The molecule has 0 saturated carbocycles. The van der Waals surface area contributed by atoms with Crippen LogP contribution in [0.5, 0.6) is 0 Å². The van der Waals surface area contributed by atoms with E-state index in [4.69, 9.17) is 4.74 Å². The zero-order valence-electron chi connectivity index (χ0n) is 17.9. The minimum Gasteiger partial charge on any atom is -0.444 e. The van der Waals surface area contributed by atoms with E-state index in [1.165, 1.54) is 0 Å². The number of carbonyl (C=O) groups is 1. The molecule has 3 heterocycles. The zero-order chi connectivity index (χ0) is 22.0. The normalized spacial score (nSPS) is 15.2. The van der Waals surface area contributed by atoms with Crippen molar-refractivity contribution < 1.29 is 9.53 Å². The molecule has 2 N–H and O–H groups in total. The Kier molecular flexibility index (Phi) is 6.04. The molecular weight excluding hydrogens is 460 g/mol. The van der Waals surface area contributed by atoms with E-state index < -0.39 is 5.60 Å². The average Bonchev–Trinajstić information content (AvgIpc) is 3.16. The Hall–Kier alpha value is -2.81. The average molecular weight is 487 g/mol. The number of nitrogens with zero attached hydrogens (tertiary/aromatic N) is 4. The number of piperidine rings is 1. The van der Waals surface area contributed by atoms with E-state index in [-0.39, 0.29) is 12.1 Å². The van der Waals surface area contributed by atoms with Gasteiger partial charge < -0.3 is 24.7 Å². The summed E-state index contributed by atoms with van der Waals surface area (Å²) in [5.41, 5.74) is 2.34. The van der Waals surface area contributed by atoms with Gasteiger partial charge in [-0.15, -0.1) is 0 Å². The molecular formula is C22H27BrN6O2. The molecule has 0 spiro atoms.